The highest BCUT2D eigenvalue weighted by Gasteiger charge is 2.08. The quantitative estimate of drug-likeness (QED) is 0.824. The first-order valence-corrected chi connectivity index (χ1v) is 5.61. The lowest BCUT2D eigenvalue weighted by molar-refractivity contribution is 0.325. The Hall–Kier alpha value is -1.06. The van der Waals surface area contributed by atoms with Crippen LogP contribution in [0.25, 0.3) is 0 Å². The summed E-state index contributed by atoms with van der Waals surface area (Å²) in [6, 6.07) is 4.29. The van der Waals surface area contributed by atoms with Crippen molar-refractivity contribution in [1.29, 1.82) is 0 Å². The Morgan fingerprint density at radius 3 is 2.44 bits per heavy atom. The molecule has 90 valence electrons. The molecule has 2 N–H and O–H groups in total. The van der Waals surface area contributed by atoms with Gasteiger partial charge in [0.05, 0.1) is 7.11 Å². The average Bonchev–Trinajstić information content (AvgIpc) is 2.23. The molecular formula is C13H22N2O. The van der Waals surface area contributed by atoms with Crippen molar-refractivity contribution in [2.75, 3.05) is 27.2 Å². The first-order valence-electron chi connectivity index (χ1n) is 5.61. The third kappa shape index (κ3) is 3.22. The molecule has 0 fully saturated rings. The van der Waals surface area contributed by atoms with Gasteiger partial charge in [-0.3, -0.25) is 0 Å². The van der Waals surface area contributed by atoms with Crippen LogP contribution in [0.5, 0.6) is 5.75 Å². The highest BCUT2D eigenvalue weighted by molar-refractivity contribution is 5.41. The SMILES string of the molecule is COc1cc(C)c(C)cc1CN(C)CCN. The summed E-state index contributed by atoms with van der Waals surface area (Å²) in [6.07, 6.45) is 0. The van der Waals surface area contributed by atoms with Gasteiger partial charge in [0.2, 0.25) is 0 Å². The van der Waals surface area contributed by atoms with Crippen LogP contribution in [0.4, 0.5) is 0 Å². The summed E-state index contributed by atoms with van der Waals surface area (Å²) in [6.45, 7) is 6.69. The van der Waals surface area contributed by atoms with Gasteiger partial charge in [-0.2, -0.15) is 0 Å². The summed E-state index contributed by atoms with van der Waals surface area (Å²) in [4.78, 5) is 2.20. The second kappa shape index (κ2) is 5.87. The van der Waals surface area contributed by atoms with Gasteiger partial charge in [0.25, 0.3) is 0 Å². The van der Waals surface area contributed by atoms with Gasteiger partial charge in [-0.05, 0) is 38.1 Å². The molecule has 0 unspecified atom stereocenters. The topological polar surface area (TPSA) is 38.5 Å². The number of ether oxygens (including phenoxy) is 1. The van der Waals surface area contributed by atoms with E-state index < -0.39 is 0 Å². The fraction of sp³-hybridized carbons (Fsp3) is 0.538. The van der Waals surface area contributed by atoms with Gasteiger partial charge >= 0.3 is 0 Å². The number of likely N-dealkylation sites (N-methyl/N-ethyl adjacent to an activating group) is 1. The van der Waals surface area contributed by atoms with Crippen LogP contribution in [-0.4, -0.2) is 32.1 Å². The second-order valence-corrected chi connectivity index (χ2v) is 4.27. The molecule has 0 aromatic heterocycles. The molecule has 0 spiro atoms. The van der Waals surface area contributed by atoms with Crippen molar-refractivity contribution >= 4 is 0 Å². The summed E-state index contributed by atoms with van der Waals surface area (Å²) in [5, 5.41) is 0. The Morgan fingerprint density at radius 1 is 1.25 bits per heavy atom. The van der Waals surface area contributed by atoms with E-state index in [0.29, 0.717) is 6.54 Å². The molecule has 0 amide bonds. The largest absolute Gasteiger partial charge is 0.496 e. The van der Waals surface area contributed by atoms with Crippen LogP contribution < -0.4 is 10.5 Å². The molecule has 0 atom stereocenters. The third-order valence-corrected chi connectivity index (χ3v) is 2.85. The number of nitrogens with zero attached hydrogens (tertiary/aromatic N) is 1. The smallest absolute Gasteiger partial charge is 0.123 e. The minimum absolute atomic E-state index is 0.684. The zero-order valence-electron chi connectivity index (χ0n) is 10.7. The highest BCUT2D eigenvalue weighted by Crippen LogP contribution is 2.23. The zero-order chi connectivity index (χ0) is 12.1. The van der Waals surface area contributed by atoms with E-state index in [1.807, 2.05) is 0 Å². The van der Waals surface area contributed by atoms with Crippen LogP contribution in [-0.2, 0) is 6.54 Å². The van der Waals surface area contributed by atoms with Crippen molar-refractivity contribution in [3.05, 3.63) is 28.8 Å². The maximum atomic E-state index is 5.53. The lowest BCUT2D eigenvalue weighted by Gasteiger charge is -2.18. The number of methoxy groups -OCH3 is 1. The lowest BCUT2D eigenvalue weighted by Crippen LogP contribution is -2.25. The second-order valence-electron chi connectivity index (χ2n) is 4.27. The normalized spacial score (nSPS) is 10.9. The van der Waals surface area contributed by atoms with Crippen molar-refractivity contribution < 1.29 is 4.74 Å². The predicted octanol–water partition coefficient (Wildman–Crippen LogP) is 1.70. The van der Waals surface area contributed by atoms with Crippen LogP contribution in [0, 0.1) is 13.8 Å². The van der Waals surface area contributed by atoms with E-state index in [1.165, 1.54) is 16.7 Å². The minimum Gasteiger partial charge on any atom is -0.496 e. The molecule has 0 aliphatic rings. The van der Waals surface area contributed by atoms with Crippen molar-refractivity contribution in [1.82, 2.24) is 4.90 Å². The maximum Gasteiger partial charge on any atom is 0.123 e. The molecule has 1 rings (SSSR count). The van der Waals surface area contributed by atoms with E-state index in [1.54, 1.807) is 7.11 Å². The minimum atomic E-state index is 0.684. The van der Waals surface area contributed by atoms with E-state index in [0.717, 1.165) is 18.8 Å². The standard InChI is InChI=1S/C13H22N2O/c1-10-7-12(9-15(3)6-5-14)13(16-4)8-11(10)2/h7-8H,5-6,9,14H2,1-4H3. The Kier molecular flexibility index (Phi) is 4.77. The lowest BCUT2D eigenvalue weighted by atomic mass is 10.0. The monoisotopic (exact) mass is 222 g/mol. The number of hydrogen-bond donors (Lipinski definition) is 1. The van der Waals surface area contributed by atoms with E-state index in [4.69, 9.17) is 10.5 Å². The molecule has 1 aromatic carbocycles. The molecule has 0 saturated heterocycles. The molecule has 1 aromatic rings. The highest BCUT2D eigenvalue weighted by atomic mass is 16.5. The maximum absolute atomic E-state index is 5.53. The summed E-state index contributed by atoms with van der Waals surface area (Å²) >= 11 is 0. The first kappa shape index (κ1) is 13.0. The van der Waals surface area contributed by atoms with Crippen molar-refractivity contribution in [2.45, 2.75) is 20.4 Å². The predicted molar refractivity (Wildman–Crippen MR) is 67.9 cm³/mol. The number of hydrogen-bond acceptors (Lipinski definition) is 3. The van der Waals surface area contributed by atoms with Crippen LogP contribution in [0.3, 0.4) is 0 Å². The van der Waals surface area contributed by atoms with Crippen molar-refractivity contribution in [3.63, 3.8) is 0 Å². The Bertz CT molecular complexity index is 350. The number of benzene rings is 1. The van der Waals surface area contributed by atoms with E-state index in [9.17, 15) is 0 Å². The van der Waals surface area contributed by atoms with Gasteiger partial charge < -0.3 is 15.4 Å². The Labute approximate surface area is 98.2 Å². The van der Waals surface area contributed by atoms with Gasteiger partial charge in [0, 0.05) is 25.2 Å². The molecule has 0 aliphatic carbocycles. The van der Waals surface area contributed by atoms with Crippen molar-refractivity contribution in [3.8, 4) is 5.75 Å². The summed E-state index contributed by atoms with van der Waals surface area (Å²) in [5.41, 5.74) is 9.33. The molecule has 3 nitrogen and oxygen atoms in total. The molecule has 0 heterocycles. The van der Waals surface area contributed by atoms with Crippen molar-refractivity contribution in [2.24, 2.45) is 5.73 Å². The Morgan fingerprint density at radius 2 is 1.88 bits per heavy atom. The van der Waals surface area contributed by atoms with Gasteiger partial charge in [-0.1, -0.05) is 6.07 Å². The van der Waals surface area contributed by atoms with Crippen LogP contribution in [0.1, 0.15) is 16.7 Å². The summed E-state index contributed by atoms with van der Waals surface area (Å²) in [5.74, 6) is 0.965. The molecule has 0 saturated carbocycles. The van der Waals surface area contributed by atoms with Crippen LogP contribution in [0.2, 0.25) is 0 Å². The fourth-order valence-corrected chi connectivity index (χ4v) is 1.75. The van der Waals surface area contributed by atoms with Gasteiger partial charge in [-0.25, -0.2) is 0 Å². The van der Waals surface area contributed by atoms with E-state index in [2.05, 4.69) is 37.9 Å². The fourth-order valence-electron chi connectivity index (χ4n) is 1.75. The number of rotatable bonds is 5. The molecule has 3 heteroatoms. The summed E-state index contributed by atoms with van der Waals surface area (Å²) < 4.78 is 5.40. The molecule has 0 radical (unpaired) electrons. The van der Waals surface area contributed by atoms with E-state index >= 15 is 0 Å². The molecule has 0 bridgehead atoms. The number of nitrogens with two attached hydrogens (primary N) is 1. The van der Waals surface area contributed by atoms with Crippen LogP contribution >= 0.6 is 0 Å². The molecule has 0 aliphatic heterocycles. The van der Waals surface area contributed by atoms with Gasteiger partial charge in [-0.15, -0.1) is 0 Å². The first-order chi connectivity index (χ1) is 7.58. The van der Waals surface area contributed by atoms with Gasteiger partial charge in [0.15, 0.2) is 0 Å². The van der Waals surface area contributed by atoms with E-state index in [-0.39, 0.29) is 0 Å². The van der Waals surface area contributed by atoms with Crippen LogP contribution in [0.15, 0.2) is 12.1 Å². The number of aryl methyl sites for hydroxylation is 2. The summed E-state index contributed by atoms with van der Waals surface area (Å²) in [7, 11) is 3.79. The molecular weight excluding hydrogens is 200 g/mol. The Balaban J connectivity index is 2.89. The average molecular weight is 222 g/mol. The van der Waals surface area contributed by atoms with Gasteiger partial charge in [0.1, 0.15) is 5.75 Å². The molecule has 16 heavy (non-hydrogen) atoms. The zero-order valence-corrected chi connectivity index (χ0v) is 10.7. The third-order valence-electron chi connectivity index (χ3n) is 2.85.